The molecule has 4 rings (SSSR count). The van der Waals surface area contributed by atoms with Gasteiger partial charge in [-0.25, -0.2) is 0 Å². The van der Waals surface area contributed by atoms with E-state index in [1.807, 2.05) is 13.8 Å². The predicted octanol–water partition coefficient (Wildman–Crippen LogP) is 2.87. The Morgan fingerprint density at radius 2 is 1.65 bits per heavy atom. The first kappa shape index (κ1) is 21.1. The standard InChI is InChI=1S/C23H26O8/c1-10(2)31-16-8-12-13(7-15(16)24)21(25)14-9-30-23(27)20(14)19(12)11-5-17(28-3)22(26)18(6-11)29-4/h5-8,10,14,19-21,24-26H,9H2,1-4H3/t14-,19?,20-,21+/m0/s1. The maximum Gasteiger partial charge on any atom is 0.310 e. The molecule has 1 aliphatic carbocycles. The number of carbonyl (C=O) groups excluding carboxylic acids is 1. The van der Waals surface area contributed by atoms with Gasteiger partial charge in [0.05, 0.1) is 39.0 Å². The van der Waals surface area contributed by atoms with Gasteiger partial charge in [0, 0.05) is 11.8 Å². The van der Waals surface area contributed by atoms with Crippen molar-refractivity contribution in [3.63, 3.8) is 0 Å². The van der Waals surface area contributed by atoms with Crippen molar-refractivity contribution in [3.05, 3.63) is 41.0 Å². The third-order valence-corrected chi connectivity index (χ3v) is 5.96. The lowest BCUT2D eigenvalue weighted by molar-refractivity contribution is -0.141. The molecule has 8 nitrogen and oxygen atoms in total. The van der Waals surface area contributed by atoms with Crippen LogP contribution in [0.3, 0.4) is 0 Å². The number of benzene rings is 2. The molecule has 0 aromatic heterocycles. The highest BCUT2D eigenvalue weighted by Gasteiger charge is 2.52. The minimum Gasteiger partial charge on any atom is -0.504 e. The number of hydrogen-bond acceptors (Lipinski definition) is 8. The topological polar surface area (TPSA) is 115 Å². The Labute approximate surface area is 179 Å². The van der Waals surface area contributed by atoms with Crippen LogP contribution in [0.4, 0.5) is 0 Å². The Morgan fingerprint density at radius 1 is 1.00 bits per heavy atom. The van der Waals surface area contributed by atoms with Crippen molar-refractivity contribution >= 4 is 5.97 Å². The zero-order valence-corrected chi connectivity index (χ0v) is 17.8. The molecule has 0 saturated carbocycles. The Kier molecular flexibility index (Phi) is 5.35. The number of rotatable bonds is 5. The van der Waals surface area contributed by atoms with Gasteiger partial charge < -0.3 is 34.3 Å². The largest absolute Gasteiger partial charge is 0.504 e. The summed E-state index contributed by atoms with van der Waals surface area (Å²) in [5.41, 5.74) is 1.79. The highest BCUT2D eigenvalue weighted by Crippen LogP contribution is 2.54. The van der Waals surface area contributed by atoms with E-state index in [0.717, 1.165) is 0 Å². The number of esters is 1. The van der Waals surface area contributed by atoms with Crippen molar-refractivity contribution in [2.75, 3.05) is 20.8 Å². The Bertz CT molecular complexity index is 990. The SMILES string of the molecule is COc1cc(C2c3cc(OC(C)C)c(O)cc3[C@@H](O)[C@H]3COC(=O)[C@H]23)cc(OC)c1O. The van der Waals surface area contributed by atoms with Gasteiger partial charge in [-0.15, -0.1) is 0 Å². The molecule has 8 heteroatoms. The van der Waals surface area contributed by atoms with E-state index >= 15 is 0 Å². The fraction of sp³-hybridized carbons (Fsp3) is 0.435. The predicted molar refractivity (Wildman–Crippen MR) is 110 cm³/mol. The van der Waals surface area contributed by atoms with Gasteiger partial charge in [0.1, 0.15) is 0 Å². The highest BCUT2D eigenvalue weighted by molar-refractivity contribution is 5.79. The minimum absolute atomic E-state index is 0.0813. The molecule has 0 spiro atoms. The van der Waals surface area contributed by atoms with Crippen molar-refractivity contribution in [1.29, 1.82) is 0 Å². The molecular formula is C23H26O8. The lowest BCUT2D eigenvalue weighted by atomic mass is 9.66. The van der Waals surface area contributed by atoms with Gasteiger partial charge in [0.25, 0.3) is 0 Å². The van der Waals surface area contributed by atoms with E-state index < -0.39 is 29.8 Å². The summed E-state index contributed by atoms with van der Waals surface area (Å²) >= 11 is 0. The smallest absolute Gasteiger partial charge is 0.310 e. The van der Waals surface area contributed by atoms with E-state index in [1.165, 1.54) is 20.3 Å². The summed E-state index contributed by atoms with van der Waals surface area (Å²) in [6, 6.07) is 6.43. The molecule has 2 aromatic carbocycles. The number of carbonyl (C=O) groups is 1. The Balaban J connectivity index is 1.96. The summed E-state index contributed by atoms with van der Waals surface area (Å²) in [4.78, 5) is 12.7. The molecule has 1 unspecified atom stereocenters. The van der Waals surface area contributed by atoms with E-state index in [0.29, 0.717) is 16.7 Å². The van der Waals surface area contributed by atoms with Crippen molar-refractivity contribution in [3.8, 4) is 28.7 Å². The van der Waals surface area contributed by atoms with Crippen molar-refractivity contribution in [2.24, 2.45) is 11.8 Å². The average molecular weight is 430 g/mol. The Hall–Kier alpha value is -3.13. The molecule has 1 fully saturated rings. The van der Waals surface area contributed by atoms with Crippen LogP contribution in [0, 0.1) is 11.8 Å². The van der Waals surface area contributed by atoms with Gasteiger partial charge in [-0.1, -0.05) is 0 Å². The Morgan fingerprint density at radius 3 is 2.23 bits per heavy atom. The van der Waals surface area contributed by atoms with E-state index in [1.54, 1.807) is 18.2 Å². The van der Waals surface area contributed by atoms with Crippen LogP contribution in [-0.2, 0) is 9.53 Å². The zero-order valence-electron chi connectivity index (χ0n) is 17.8. The first-order chi connectivity index (χ1) is 14.8. The minimum atomic E-state index is -0.984. The van der Waals surface area contributed by atoms with Crippen molar-refractivity contribution in [2.45, 2.75) is 32.0 Å². The first-order valence-corrected chi connectivity index (χ1v) is 10.1. The number of fused-ring (bicyclic) bond motifs is 2. The number of phenols is 2. The third kappa shape index (κ3) is 3.40. The summed E-state index contributed by atoms with van der Waals surface area (Å²) in [6.45, 7) is 3.76. The van der Waals surface area contributed by atoms with Crippen LogP contribution in [0.1, 0.15) is 42.6 Å². The fourth-order valence-electron chi connectivity index (χ4n) is 4.60. The zero-order chi connectivity index (χ0) is 22.4. The maximum atomic E-state index is 12.7. The van der Waals surface area contributed by atoms with Crippen LogP contribution in [0.15, 0.2) is 24.3 Å². The number of aromatic hydroxyl groups is 2. The molecule has 0 amide bonds. The molecule has 2 aliphatic rings. The van der Waals surface area contributed by atoms with Crippen molar-refractivity contribution in [1.82, 2.24) is 0 Å². The summed E-state index contributed by atoms with van der Waals surface area (Å²) in [5.74, 6) is -1.66. The third-order valence-electron chi connectivity index (χ3n) is 5.96. The number of cyclic esters (lactones) is 1. The summed E-state index contributed by atoms with van der Waals surface area (Å²) in [7, 11) is 2.85. The molecular weight excluding hydrogens is 404 g/mol. The second kappa shape index (κ2) is 7.85. The van der Waals surface area contributed by atoms with E-state index in [9.17, 15) is 20.1 Å². The van der Waals surface area contributed by atoms with Gasteiger partial charge >= 0.3 is 5.97 Å². The van der Waals surface area contributed by atoms with Gasteiger partial charge in [-0.3, -0.25) is 4.79 Å². The van der Waals surface area contributed by atoms with Crippen LogP contribution < -0.4 is 14.2 Å². The quantitative estimate of drug-likeness (QED) is 0.621. The lowest BCUT2D eigenvalue weighted by Gasteiger charge is -2.37. The lowest BCUT2D eigenvalue weighted by Crippen LogP contribution is -2.34. The number of ether oxygens (including phenoxy) is 4. The van der Waals surface area contributed by atoms with Crippen LogP contribution in [0.5, 0.6) is 28.7 Å². The molecule has 3 N–H and O–H groups in total. The second-order valence-electron chi connectivity index (χ2n) is 8.13. The molecule has 1 aliphatic heterocycles. The van der Waals surface area contributed by atoms with Crippen LogP contribution in [-0.4, -0.2) is 48.2 Å². The molecule has 1 heterocycles. The molecule has 0 bridgehead atoms. The average Bonchev–Trinajstić information content (AvgIpc) is 3.11. The normalized spacial score (nSPS) is 24.4. The van der Waals surface area contributed by atoms with E-state index in [2.05, 4.69) is 0 Å². The van der Waals surface area contributed by atoms with Crippen molar-refractivity contribution < 1.29 is 39.1 Å². The monoisotopic (exact) mass is 430 g/mol. The van der Waals surface area contributed by atoms with Gasteiger partial charge in [-0.2, -0.15) is 0 Å². The van der Waals surface area contributed by atoms with E-state index in [-0.39, 0.29) is 41.5 Å². The second-order valence-corrected chi connectivity index (χ2v) is 8.13. The summed E-state index contributed by atoms with van der Waals surface area (Å²) in [6.07, 6.45) is -1.17. The summed E-state index contributed by atoms with van der Waals surface area (Å²) in [5, 5.41) is 31.8. The van der Waals surface area contributed by atoms with Crippen LogP contribution >= 0.6 is 0 Å². The first-order valence-electron chi connectivity index (χ1n) is 10.1. The molecule has 166 valence electrons. The number of hydrogen-bond donors (Lipinski definition) is 3. The molecule has 0 radical (unpaired) electrons. The van der Waals surface area contributed by atoms with Crippen LogP contribution in [0.2, 0.25) is 0 Å². The fourth-order valence-corrected chi connectivity index (χ4v) is 4.60. The number of phenolic OH excluding ortho intramolecular Hbond substituents is 2. The molecule has 31 heavy (non-hydrogen) atoms. The van der Waals surface area contributed by atoms with Gasteiger partial charge in [0.15, 0.2) is 23.0 Å². The van der Waals surface area contributed by atoms with Crippen LogP contribution in [0.25, 0.3) is 0 Å². The highest BCUT2D eigenvalue weighted by atomic mass is 16.5. The molecule has 1 saturated heterocycles. The molecule has 2 aromatic rings. The molecule has 4 atom stereocenters. The van der Waals surface area contributed by atoms with Gasteiger partial charge in [0.2, 0.25) is 5.75 Å². The number of methoxy groups -OCH3 is 2. The number of aliphatic hydroxyl groups is 1. The number of aliphatic hydroxyl groups excluding tert-OH is 1. The van der Waals surface area contributed by atoms with E-state index in [4.69, 9.17) is 18.9 Å². The maximum absolute atomic E-state index is 12.7. The van der Waals surface area contributed by atoms with Gasteiger partial charge in [-0.05, 0) is 54.8 Å². The summed E-state index contributed by atoms with van der Waals surface area (Å²) < 4.78 is 21.7.